The summed E-state index contributed by atoms with van der Waals surface area (Å²) in [7, 11) is -2.15. The number of aliphatic hydroxyl groups is 1. The molecule has 1 saturated heterocycles. The van der Waals surface area contributed by atoms with Gasteiger partial charge in [0, 0.05) is 20.2 Å². The van der Waals surface area contributed by atoms with Crippen LogP contribution >= 0.6 is 0 Å². The highest BCUT2D eigenvalue weighted by Gasteiger charge is 2.38. The second-order valence-electron chi connectivity index (χ2n) is 4.57. The number of sulfonamides is 1. The van der Waals surface area contributed by atoms with Crippen LogP contribution in [0.2, 0.25) is 0 Å². The third-order valence-electron chi connectivity index (χ3n) is 3.28. The van der Waals surface area contributed by atoms with Gasteiger partial charge in [0.25, 0.3) is 0 Å². The Bertz CT molecular complexity index is 542. The molecule has 0 amide bonds. The number of benzene rings is 1. The van der Waals surface area contributed by atoms with E-state index >= 15 is 0 Å². The Hall–Kier alpha value is -1.15. The number of nitrogens with zero attached hydrogens (tertiary/aromatic N) is 1. The third kappa shape index (κ3) is 2.95. The molecular formula is C13H19NO5S. The second kappa shape index (κ2) is 6.09. The van der Waals surface area contributed by atoms with Crippen molar-refractivity contribution in [3.05, 3.63) is 24.3 Å². The van der Waals surface area contributed by atoms with Crippen LogP contribution in [0.15, 0.2) is 29.2 Å². The molecule has 0 saturated carbocycles. The van der Waals surface area contributed by atoms with E-state index < -0.39 is 22.2 Å². The van der Waals surface area contributed by atoms with E-state index in [1.807, 2.05) is 6.92 Å². The van der Waals surface area contributed by atoms with Crippen molar-refractivity contribution in [2.45, 2.75) is 24.0 Å². The van der Waals surface area contributed by atoms with Crippen LogP contribution in [0.25, 0.3) is 0 Å². The lowest BCUT2D eigenvalue weighted by molar-refractivity contribution is 0.0216. The van der Waals surface area contributed by atoms with Crippen molar-refractivity contribution < 1.29 is 23.0 Å². The molecule has 0 radical (unpaired) electrons. The number of hydrogen-bond donors (Lipinski definition) is 1. The molecule has 6 nitrogen and oxygen atoms in total. The molecule has 1 N–H and O–H groups in total. The quantitative estimate of drug-likeness (QED) is 0.855. The molecule has 0 spiro atoms. The summed E-state index contributed by atoms with van der Waals surface area (Å²) in [6.07, 6.45) is -1.27. The fraction of sp³-hybridized carbons (Fsp3) is 0.538. The van der Waals surface area contributed by atoms with Crippen LogP contribution in [-0.2, 0) is 14.8 Å². The molecule has 1 fully saturated rings. The van der Waals surface area contributed by atoms with Gasteiger partial charge in [-0.05, 0) is 31.2 Å². The maximum atomic E-state index is 12.4. The van der Waals surface area contributed by atoms with Gasteiger partial charge >= 0.3 is 0 Å². The molecule has 1 aliphatic rings. The van der Waals surface area contributed by atoms with E-state index in [2.05, 4.69) is 0 Å². The lowest BCUT2D eigenvalue weighted by Crippen LogP contribution is -2.30. The zero-order valence-electron chi connectivity index (χ0n) is 11.5. The van der Waals surface area contributed by atoms with Gasteiger partial charge in [0.15, 0.2) is 0 Å². The maximum Gasteiger partial charge on any atom is 0.243 e. The van der Waals surface area contributed by atoms with E-state index in [9.17, 15) is 13.5 Å². The molecule has 1 aromatic carbocycles. The summed E-state index contributed by atoms with van der Waals surface area (Å²) in [6.45, 7) is 2.60. The minimum absolute atomic E-state index is 0.0497. The zero-order valence-corrected chi connectivity index (χ0v) is 12.3. The number of aliphatic hydroxyl groups excluding tert-OH is 1. The molecular weight excluding hydrogens is 282 g/mol. The average Bonchev–Trinajstić information content (AvgIpc) is 2.82. The average molecular weight is 301 g/mol. The zero-order chi connectivity index (χ0) is 14.8. The Kier molecular flexibility index (Phi) is 4.64. The fourth-order valence-electron chi connectivity index (χ4n) is 2.17. The molecule has 2 rings (SSSR count). The summed E-state index contributed by atoms with van der Waals surface area (Å²) >= 11 is 0. The highest BCUT2D eigenvalue weighted by molar-refractivity contribution is 7.89. The Balaban J connectivity index is 2.18. The standard InChI is InChI=1S/C13H19NO5S/c1-3-19-10-4-6-11(7-5-10)20(16,17)14-8-12(15)13(9-14)18-2/h4-7,12-13,15H,3,8-9H2,1-2H3/t12-,13-/m0/s1. The molecule has 1 aliphatic heterocycles. The summed E-state index contributed by atoms with van der Waals surface area (Å²) in [5.41, 5.74) is 0. The van der Waals surface area contributed by atoms with Crippen molar-refractivity contribution in [2.75, 3.05) is 26.8 Å². The maximum absolute atomic E-state index is 12.4. The lowest BCUT2D eigenvalue weighted by Gasteiger charge is -2.16. The largest absolute Gasteiger partial charge is 0.494 e. The summed E-state index contributed by atoms with van der Waals surface area (Å²) in [6, 6.07) is 6.26. The molecule has 0 aromatic heterocycles. The van der Waals surface area contributed by atoms with E-state index in [0.717, 1.165) is 0 Å². The number of hydrogen-bond acceptors (Lipinski definition) is 5. The highest BCUT2D eigenvalue weighted by atomic mass is 32.2. The van der Waals surface area contributed by atoms with Gasteiger partial charge in [0.05, 0.1) is 23.7 Å². The predicted octanol–water partition coefficient (Wildman–Crippen LogP) is 0.465. The van der Waals surface area contributed by atoms with Gasteiger partial charge < -0.3 is 14.6 Å². The van der Waals surface area contributed by atoms with Gasteiger partial charge in [-0.25, -0.2) is 8.42 Å². The third-order valence-corrected chi connectivity index (χ3v) is 5.12. The van der Waals surface area contributed by atoms with Gasteiger partial charge in [0.2, 0.25) is 10.0 Å². The number of β-amino-alcohol motifs (C(OH)–C–C–N with tert-alkyl or cyclic N) is 1. The van der Waals surface area contributed by atoms with E-state index in [1.165, 1.54) is 23.5 Å². The van der Waals surface area contributed by atoms with Crippen LogP contribution < -0.4 is 4.74 Å². The van der Waals surface area contributed by atoms with Crippen molar-refractivity contribution in [3.8, 4) is 5.75 Å². The topological polar surface area (TPSA) is 76.1 Å². The number of rotatable bonds is 5. The first kappa shape index (κ1) is 15.2. The first-order valence-electron chi connectivity index (χ1n) is 6.43. The minimum atomic E-state index is -3.61. The van der Waals surface area contributed by atoms with Crippen molar-refractivity contribution >= 4 is 10.0 Å². The molecule has 0 aliphatic carbocycles. The van der Waals surface area contributed by atoms with Crippen LogP contribution in [0.3, 0.4) is 0 Å². The summed E-state index contributed by atoms with van der Waals surface area (Å²) < 4.78 is 36.4. The van der Waals surface area contributed by atoms with Gasteiger partial charge in [-0.1, -0.05) is 0 Å². The summed E-state index contributed by atoms with van der Waals surface area (Å²) in [5.74, 6) is 0.627. The lowest BCUT2D eigenvalue weighted by atomic mass is 10.3. The minimum Gasteiger partial charge on any atom is -0.494 e. The Morgan fingerprint density at radius 3 is 2.45 bits per heavy atom. The first-order valence-corrected chi connectivity index (χ1v) is 7.87. The van der Waals surface area contributed by atoms with Crippen LogP contribution in [0.4, 0.5) is 0 Å². The normalized spacial score (nSPS) is 23.9. The molecule has 20 heavy (non-hydrogen) atoms. The van der Waals surface area contributed by atoms with Gasteiger partial charge in [-0.2, -0.15) is 4.31 Å². The van der Waals surface area contributed by atoms with Crippen molar-refractivity contribution in [2.24, 2.45) is 0 Å². The fourth-order valence-corrected chi connectivity index (χ4v) is 3.64. The van der Waals surface area contributed by atoms with Crippen LogP contribution in [-0.4, -0.2) is 56.8 Å². The van der Waals surface area contributed by atoms with E-state index in [1.54, 1.807) is 12.1 Å². The molecule has 1 aromatic rings. The molecule has 7 heteroatoms. The SMILES string of the molecule is CCOc1ccc(S(=O)(=O)N2C[C@H](OC)[C@@H](O)C2)cc1. The monoisotopic (exact) mass is 301 g/mol. The van der Waals surface area contributed by atoms with E-state index in [4.69, 9.17) is 9.47 Å². The van der Waals surface area contributed by atoms with Crippen molar-refractivity contribution in [3.63, 3.8) is 0 Å². The molecule has 112 valence electrons. The van der Waals surface area contributed by atoms with Crippen molar-refractivity contribution in [1.82, 2.24) is 4.31 Å². The first-order chi connectivity index (χ1) is 9.48. The number of methoxy groups -OCH3 is 1. The molecule has 0 unspecified atom stereocenters. The van der Waals surface area contributed by atoms with Gasteiger partial charge in [-0.3, -0.25) is 0 Å². The van der Waals surface area contributed by atoms with E-state index in [0.29, 0.717) is 12.4 Å². The van der Waals surface area contributed by atoms with Gasteiger partial charge in [-0.15, -0.1) is 0 Å². The van der Waals surface area contributed by atoms with E-state index in [-0.39, 0.29) is 18.0 Å². The predicted molar refractivity (Wildman–Crippen MR) is 73.2 cm³/mol. The Morgan fingerprint density at radius 1 is 1.30 bits per heavy atom. The Morgan fingerprint density at radius 2 is 1.95 bits per heavy atom. The summed E-state index contributed by atoms with van der Waals surface area (Å²) in [4.78, 5) is 0.185. The van der Waals surface area contributed by atoms with Crippen LogP contribution in [0, 0.1) is 0 Å². The smallest absolute Gasteiger partial charge is 0.243 e. The van der Waals surface area contributed by atoms with Crippen molar-refractivity contribution in [1.29, 1.82) is 0 Å². The molecule has 1 heterocycles. The highest BCUT2D eigenvalue weighted by Crippen LogP contribution is 2.24. The van der Waals surface area contributed by atoms with Gasteiger partial charge in [0.1, 0.15) is 5.75 Å². The Labute approximate surface area is 119 Å². The number of ether oxygens (including phenoxy) is 2. The molecule has 2 atom stereocenters. The molecule has 0 bridgehead atoms. The summed E-state index contributed by atoms with van der Waals surface area (Å²) in [5, 5.41) is 9.73. The van der Waals surface area contributed by atoms with Crippen LogP contribution in [0.5, 0.6) is 5.75 Å². The van der Waals surface area contributed by atoms with Crippen LogP contribution in [0.1, 0.15) is 6.92 Å². The second-order valence-corrected chi connectivity index (χ2v) is 6.51.